The molecule has 0 saturated carbocycles. The van der Waals surface area contributed by atoms with Gasteiger partial charge in [0.2, 0.25) is 0 Å². The van der Waals surface area contributed by atoms with E-state index in [0.29, 0.717) is 24.4 Å². The van der Waals surface area contributed by atoms with E-state index in [1.54, 1.807) is 18.2 Å². The fraction of sp³-hybridized carbons (Fsp3) is 0.263. The van der Waals surface area contributed by atoms with Crippen molar-refractivity contribution in [2.24, 2.45) is 5.41 Å². The molecule has 132 valence electrons. The van der Waals surface area contributed by atoms with Gasteiger partial charge in [0.25, 0.3) is 0 Å². The van der Waals surface area contributed by atoms with Gasteiger partial charge in [-0.2, -0.15) is 10.5 Å². The summed E-state index contributed by atoms with van der Waals surface area (Å²) in [6, 6.07) is 15.4. The van der Waals surface area contributed by atoms with Crippen LogP contribution in [0.25, 0.3) is 0 Å². The molecule has 5 nitrogen and oxygen atoms in total. The number of ether oxygens (including phenoxy) is 1. The van der Waals surface area contributed by atoms with Gasteiger partial charge in [-0.1, -0.05) is 12.1 Å². The van der Waals surface area contributed by atoms with Crippen molar-refractivity contribution in [1.82, 2.24) is 4.31 Å². The monoisotopic (exact) mass is 369 g/mol. The van der Waals surface area contributed by atoms with E-state index in [1.807, 2.05) is 18.2 Å². The number of nitriles is 2. The highest BCUT2D eigenvalue weighted by molar-refractivity contribution is 7.97. The van der Waals surface area contributed by atoms with Gasteiger partial charge in [0.05, 0.1) is 29.8 Å². The summed E-state index contributed by atoms with van der Waals surface area (Å²) in [5.41, 5.74) is 0.152. The number of hydrogen-bond donors (Lipinski definition) is 1. The molecular formula is C19H16FN3O2S. The van der Waals surface area contributed by atoms with E-state index in [2.05, 4.69) is 10.4 Å². The second-order valence-corrected chi connectivity index (χ2v) is 7.34. The molecule has 26 heavy (non-hydrogen) atoms. The Balaban J connectivity index is 1.58. The van der Waals surface area contributed by atoms with E-state index in [0.717, 1.165) is 4.90 Å². The topological polar surface area (TPSA) is 80.3 Å². The van der Waals surface area contributed by atoms with Crippen LogP contribution >= 0.6 is 11.9 Å². The molecule has 0 radical (unpaired) electrons. The number of rotatable bonds is 6. The van der Waals surface area contributed by atoms with Crippen LogP contribution in [0.15, 0.2) is 47.4 Å². The van der Waals surface area contributed by atoms with Gasteiger partial charge >= 0.3 is 0 Å². The van der Waals surface area contributed by atoms with Crippen molar-refractivity contribution in [3.63, 3.8) is 0 Å². The van der Waals surface area contributed by atoms with E-state index in [9.17, 15) is 9.50 Å². The summed E-state index contributed by atoms with van der Waals surface area (Å²) >= 11 is 1.48. The van der Waals surface area contributed by atoms with Gasteiger partial charge in [-0.15, -0.1) is 0 Å². The summed E-state index contributed by atoms with van der Waals surface area (Å²) < 4.78 is 21.3. The molecule has 0 bridgehead atoms. The van der Waals surface area contributed by atoms with Gasteiger partial charge in [0.1, 0.15) is 23.7 Å². The molecule has 0 aliphatic carbocycles. The Morgan fingerprint density at radius 1 is 1.15 bits per heavy atom. The maximum absolute atomic E-state index is 13.6. The predicted molar refractivity (Wildman–Crippen MR) is 94.7 cm³/mol. The molecule has 1 N–H and O–H groups in total. The van der Waals surface area contributed by atoms with Crippen molar-refractivity contribution >= 4 is 11.9 Å². The molecule has 1 saturated heterocycles. The van der Waals surface area contributed by atoms with Crippen molar-refractivity contribution in [3.05, 3.63) is 59.4 Å². The maximum Gasteiger partial charge on any atom is 0.144 e. The molecule has 0 unspecified atom stereocenters. The van der Waals surface area contributed by atoms with E-state index < -0.39 is 11.2 Å². The SMILES string of the molecule is N#Cc1ccc(OCC2(CO)CN(Sc3ccccc3C#N)C2)cc1F. The Hall–Kier alpha value is -2.58. The summed E-state index contributed by atoms with van der Waals surface area (Å²) in [5, 5.41) is 27.6. The highest BCUT2D eigenvalue weighted by Crippen LogP contribution is 2.39. The van der Waals surface area contributed by atoms with Crippen molar-refractivity contribution in [1.29, 1.82) is 10.5 Å². The van der Waals surface area contributed by atoms with Crippen LogP contribution in [0.2, 0.25) is 0 Å². The van der Waals surface area contributed by atoms with E-state index >= 15 is 0 Å². The Kier molecular flexibility index (Phi) is 5.43. The zero-order chi connectivity index (χ0) is 18.6. The minimum atomic E-state index is -0.623. The molecule has 1 aliphatic rings. The van der Waals surface area contributed by atoms with Crippen molar-refractivity contribution < 1.29 is 14.2 Å². The van der Waals surface area contributed by atoms with Gasteiger partial charge in [-0.25, -0.2) is 8.70 Å². The molecule has 2 aromatic rings. The van der Waals surface area contributed by atoms with Crippen LogP contribution in [0.5, 0.6) is 5.75 Å². The number of aliphatic hydroxyl groups is 1. The number of hydrogen-bond acceptors (Lipinski definition) is 6. The molecule has 1 fully saturated rings. The molecule has 3 rings (SSSR count). The zero-order valence-corrected chi connectivity index (χ0v) is 14.7. The summed E-state index contributed by atoms with van der Waals surface area (Å²) in [5.74, 6) is -0.294. The lowest BCUT2D eigenvalue weighted by atomic mass is 9.83. The third-order valence-corrected chi connectivity index (χ3v) is 5.27. The minimum absolute atomic E-state index is 0.0309. The molecule has 0 amide bonds. The Morgan fingerprint density at radius 2 is 1.88 bits per heavy atom. The van der Waals surface area contributed by atoms with E-state index in [4.69, 9.17) is 15.3 Å². The lowest BCUT2D eigenvalue weighted by Crippen LogP contribution is -2.58. The third-order valence-electron chi connectivity index (χ3n) is 4.20. The van der Waals surface area contributed by atoms with Crippen LogP contribution in [0, 0.1) is 33.9 Å². The van der Waals surface area contributed by atoms with Crippen molar-refractivity contribution in [2.75, 3.05) is 26.3 Å². The summed E-state index contributed by atoms with van der Waals surface area (Å²) in [6.07, 6.45) is 0. The highest BCUT2D eigenvalue weighted by Gasteiger charge is 2.44. The van der Waals surface area contributed by atoms with E-state index in [1.165, 1.54) is 24.1 Å². The van der Waals surface area contributed by atoms with Crippen LogP contribution in [0.3, 0.4) is 0 Å². The predicted octanol–water partition coefficient (Wildman–Crippen LogP) is 2.95. The minimum Gasteiger partial charge on any atom is -0.493 e. The second kappa shape index (κ2) is 7.76. The van der Waals surface area contributed by atoms with Gasteiger partial charge in [0, 0.05) is 24.1 Å². The Morgan fingerprint density at radius 3 is 2.54 bits per heavy atom. The van der Waals surface area contributed by atoms with Gasteiger partial charge in [0.15, 0.2) is 0 Å². The quantitative estimate of drug-likeness (QED) is 0.789. The lowest BCUT2D eigenvalue weighted by molar-refractivity contribution is -0.0227. The fourth-order valence-corrected chi connectivity index (χ4v) is 4.00. The molecule has 7 heteroatoms. The van der Waals surface area contributed by atoms with Gasteiger partial charge < -0.3 is 9.84 Å². The Labute approximate surface area is 155 Å². The molecule has 2 aromatic carbocycles. The normalized spacial score (nSPS) is 15.5. The number of halogens is 1. The number of benzene rings is 2. The average molecular weight is 369 g/mol. The standard InChI is InChI=1S/C19H16FN3O2S/c20-17-7-16(6-5-14(17)8-21)25-13-19(12-24)10-23(11-19)26-18-4-2-1-3-15(18)9-22/h1-7,24H,10-13H2. The van der Waals surface area contributed by atoms with Crippen molar-refractivity contribution in [2.45, 2.75) is 4.90 Å². The summed E-state index contributed by atoms with van der Waals surface area (Å²) in [6.45, 7) is 1.37. The van der Waals surface area contributed by atoms with Crippen LogP contribution < -0.4 is 4.74 Å². The molecule has 1 heterocycles. The number of aliphatic hydroxyl groups excluding tert-OH is 1. The molecule has 0 atom stereocenters. The maximum atomic E-state index is 13.6. The Bertz CT molecular complexity index is 885. The molecular weight excluding hydrogens is 353 g/mol. The lowest BCUT2D eigenvalue weighted by Gasteiger charge is -2.47. The first-order valence-corrected chi connectivity index (χ1v) is 8.72. The van der Waals surface area contributed by atoms with Crippen LogP contribution in [0.1, 0.15) is 11.1 Å². The first-order valence-electron chi connectivity index (χ1n) is 7.94. The van der Waals surface area contributed by atoms with Gasteiger partial charge in [-0.3, -0.25) is 0 Å². The zero-order valence-electron chi connectivity index (χ0n) is 13.9. The first kappa shape index (κ1) is 18.2. The van der Waals surface area contributed by atoms with Crippen LogP contribution in [-0.4, -0.2) is 35.7 Å². The van der Waals surface area contributed by atoms with E-state index in [-0.39, 0.29) is 18.8 Å². The summed E-state index contributed by atoms with van der Waals surface area (Å²) in [7, 11) is 0. The fourth-order valence-electron chi connectivity index (χ4n) is 2.69. The third kappa shape index (κ3) is 3.81. The smallest absolute Gasteiger partial charge is 0.144 e. The highest BCUT2D eigenvalue weighted by atomic mass is 32.2. The summed E-state index contributed by atoms with van der Waals surface area (Å²) in [4.78, 5) is 0.872. The molecule has 0 aromatic heterocycles. The molecule has 0 spiro atoms. The van der Waals surface area contributed by atoms with Crippen LogP contribution in [0.4, 0.5) is 4.39 Å². The van der Waals surface area contributed by atoms with Gasteiger partial charge in [-0.05, 0) is 36.2 Å². The largest absolute Gasteiger partial charge is 0.493 e. The van der Waals surface area contributed by atoms with Crippen LogP contribution in [-0.2, 0) is 0 Å². The number of nitrogens with zero attached hydrogens (tertiary/aromatic N) is 3. The second-order valence-electron chi connectivity index (χ2n) is 6.20. The van der Waals surface area contributed by atoms with Crippen molar-refractivity contribution in [3.8, 4) is 17.9 Å². The molecule has 1 aliphatic heterocycles. The first-order chi connectivity index (χ1) is 12.6. The average Bonchev–Trinajstić information content (AvgIpc) is 2.64.